The van der Waals surface area contributed by atoms with Crippen molar-refractivity contribution in [3.63, 3.8) is 0 Å². The fourth-order valence-electron chi connectivity index (χ4n) is 3.09. The quantitative estimate of drug-likeness (QED) is 0.772. The zero-order chi connectivity index (χ0) is 18.7. The molecule has 5 nitrogen and oxygen atoms in total. The third-order valence-corrected chi connectivity index (χ3v) is 4.67. The Balaban J connectivity index is 1.90. The summed E-state index contributed by atoms with van der Waals surface area (Å²) >= 11 is 0. The second-order valence-corrected chi connectivity index (χ2v) is 8.24. The summed E-state index contributed by atoms with van der Waals surface area (Å²) < 4.78 is 10.9. The summed E-state index contributed by atoms with van der Waals surface area (Å²) in [6.45, 7) is 11.0. The molecule has 1 fully saturated rings. The van der Waals surface area contributed by atoms with Gasteiger partial charge in [-0.2, -0.15) is 0 Å². The number of amides is 1. The highest BCUT2D eigenvalue weighted by Crippen LogP contribution is 2.39. The molecule has 138 valence electrons. The van der Waals surface area contributed by atoms with Gasteiger partial charge in [0.2, 0.25) is 0 Å². The summed E-state index contributed by atoms with van der Waals surface area (Å²) in [6, 6.07) is 9.60. The maximum absolute atomic E-state index is 12.4. The Kier molecular flexibility index (Phi) is 5.76. The first-order chi connectivity index (χ1) is 11.6. The van der Waals surface area contributed by atoms with Crippen LogP contribution in [-0.2, 0) is 20.9 Å². The Morgan fingerprint density at radius 3 is 2.48 bits per heavy atom. The Hall–Kier alpha value is -2.04. The highest BCUT2D eigenvalue weighted by Gasteiger charge is 2.44. The molecule has 1 aromatic carbocycles. The molecule has 0 bridgehead atoms. The SMILES string of the molecule is C[C@H]1CN(C(=O)OCc2ccccc2)C[C@@]1(C)CC(=O)OC(C)(C)C. The Bertz CT molecular complexity index is 608. The van der Waals surface area contributed by atoms with Gasteiger partial charge in [-0.15, -0.1) is 0 Å². The van der Waals surface area contributed by atoms with Crippen LogP contribution < -0.4 is 0 Å². The minimum atomic E-state index is -0.496. The van der Waals surface area contributed by atoms with E-state index < -0.39 is 5.60 Å². The lowest BCUT2D eigenvalue weighted by atomic mass is 9.78. The average molecular weight is 347 g/mol. The van der Waals surface area contributed by atoms with Gasteiger partial charge in [0, 0.05) is 13.1 Å². The van der Waals surface area contributed by atoms with E-state index in [9.17, 15) is 9.59 Å². The Morgan fingerprint density at radius 1 is 1.24 bits per heavy atom. The molecule has 1 aliphatic heterocycles. The van der Waals surface area contributed by atoms with Crippen molar-refractivity contribution in [2.75, 3.05) is 13.1 Å². The van der Waals surface area contributed by atoms with Crippen LogP contribution in [0.3, 0.4) is 0 Å². The predicted molar refractivity (Wildman–Crippen MR) is 95.9 cm³/mol. The normalized spacial score (nSPS) is 23.4. The number of hydrogen-bond acceptors (Lipinski definition) is 4. The molecule has 1 heterocycles. The van der Waals surface area contributed by atoms with Gasteiger partial charge in [-0.3, -0.25) is 4.79 Å². The monoisotopic (exact) mass is 347 g/mol. The van der Waals surface area contributed by atoms with Crippen LogP contribution in [0, 0.1) is 11.3 Å². The predicted octanol–water partition coefficient (Wildman–Crippen LogP) is 4.01. The minimum absolute atomic E-state index is 0.198. The summed E-state index contributed by atoms with van der Waals surface area (Å²) in [5.41, 5.74) is 0.164. The van der Waals surface area contributed by atoms with E-state index in [1.807, 2.05) is 58.0 Å². The topological polar surface area (TPSA) is 55.8 Å². The van der Waals surface area contributed by atoms with E-state index in [0.29, 0.717) is 19.5 Å². The summed E-state index contributed by atoms with van der Waals surface area (Å²) in [7, 11) is 0. The lowest BCUT2D eigenvalue weighted by Crippen LogP contribution is -2.34. The Morgan fingerprint density at radius 2 is 1.88 bits per heavy atom. The van der Waals surface area contributed by atoms with E-state index >= 15 is 0 Å². The first-order valence-electron chi connectivity index (χ1n) is 8.76. The van der Waals surface area contributed by atoms with Crippen LogP contribution in [0.25, 0.3) is 0 Å². The third-order valence-electron chi connectivity index (χ3n) is 4.67. The van der Waals surface area contributed by atoms with Gasteiger partial charge >= 0.3 is 12.1 Å². The lowest BCUT2D eigenvalue weighted by Gasteiger charge is -2.29. The average Bonchev–Trinajstić information content (AvgIpc) is 2.79. The molecule has 0 spiro atoms. The lowest BCUT2D eigenvalue weighted by molar-refractivity contribution is -0.157. The standard InChI is InChI=1S/C20H29NO4/c1-15-12-21(18(23)24-13-16-9-7-6-8-10-16)14-20(15,5)11-17(22)25-19(2,3)4/h6-10,15H,11-14H2,1-5H3/t15-,20+/m0/s1. The molecule has 2 rings (SSSR count). The largest absolute Gasteiger partial charge is 0.460 e. The maximum atomic E-state index is 12.4. The van der Waals surface area contributed by atoms with Crippen molar-refractivity contribution in [2.24, 2.45) is 11.3 Å². The molecule has 0 radical (unpaired) electrons. The molecule has 1 aromatic rings. The highest BCUT2D eigenvalue weighted by atomic mass is 16.6. The molecule has 25 heavy (non-hydrogen) atoms. The van der Waals surface area contributed by atoms with Gasteiger partial charge in [0.1, 0.15) is 12.2 Å². The smallest absolute Gasteiger partial charge is 0.410 e. The van der Waals surface area contributed by atoms with Crippen molar-refractivity contribution < 1.29 is 19.1 Å². The van der Waals surface area contributed by atoms with E-state index in [4.69, 9.17) is 9.47 Å². The molecule has 0 unspecified atom stereocenters. The van der Waals surface area contributed by atoms with E-state index in [-0.39, 0.29) is 30.0 Å². The number of hydrogen-bond donors (Lipinski definition) is 0. The maximum Gasteiger partial charge on any atom is 0.410 e. The van der Waals surface area contributed by atoms with Crippen molar-refractivity contribution >= 4 is 12.1 Å². The van der Waals surface area contributed by atoms with Gasteiger partial charge in [0.15, 0.2) is 0 Å². The zero-order valence-corrected chi connectivity index (χ0v) is 15.9. The summed E-state index contributed by atoms with van der Waals surface area (Å²) in [6.07, 6.45) is -0.0305. The van der Waals surface area contributed by atoms with Crippen LogP contribution in [0.5, 0.6) is 0 Å². The second kappa shape index (κ2) is 7.46. The van der Waals surface area contributed by atoms with Gasteiger partial charge in [-0.05, 0) is 37.7 Å². The van der Waals surface area contributed by atoms with Crippen LogP contribution in [0.4, 0.5) is 4.79 Å². The first-order valence-corrected chi connectivity index (χ1v) is 8.76. The number of carbonyl (C=O) groups excluding carboxylic acids is 2. The fraction of sp³-hybridized carbons (Fsp3) is 0.600. The van der Waals surface area contributed by atoms with E-state index in [2.05, 4.69) is 6.92 Å². The molecule has 0 N–H and O–H groups in total. The number of likely N-dealkylation sites (tertiary alicyclic amines) is 1. The molecular formula is C20H29NO4. The van der Waals surface area contributed by atoms with Crippen molar-refractivity contribution in [2.45, 2.75) is 53.2 Å². The molecule has 1 aliphatic rings. The highest BCUT2D eigenvalue weighted by molar-refractivity contribution is 5.72. The number of benzene rings is 1. The van der Waals surface area contributed by atoms with Crippen LogP contribution in [0.15, 0.2) is 30.3 Å². The molecule has 0 saturated carbocycles. The number of carbonyl (C=O) groups is 2. The van der Waals surface area contributed by atoms with Crippen molar-refractivity contribution in [1.82, 2.24) is 4.90 Å². The van der Waals surface area contributed by atoms with Gasteiger partial charge in [-0.1, -0.05) is 44.2 Å². The van der Waals surface area contributed by atoms with Crippen LogP contribution >= 0.6 is 0 Å². The number of nitrogens with zero attached hydrogens (tertiary/aromatic N) is 1. The van der Waals surface area contributed by atoms with Gasteiger partial charge in [0.05, 0.1) is 6.42 Å². The summed E-state index contributed by atoms with van der Waals surface area (Å²) in [4.78, 5) is 26.2. The molecular weight excluding hydrogens is 318 g/mol. The van der Waals surface area contributed by atoms with Crippen molar-refractivity contribution in [3.8, 4) is 0 Å². The molecule has 2 atom stereocenters. The molecule has 5 heteroatoms. The van der Waals surface area contributed by atoms with Crippen LogP contribution in [0.2, 0.25) is 0 Å². The number of rotatable bonds is 4. The van der Waals surface area contributed by atoms with Crippen molar-refractivity contribution in [3.05, 3.63) is 35.9 Å². The van der Waals surface area contributed by atoms with E-state index in [0.717, 1.165) is 5.56 Å². The third kappa shape index (κ3) is 5.48. The van der Waals surface area contributed by atoms with Gasteiger partial charge < -0.3 is 14.4 Å². The fourth-order valence-corrected chi connectivity index (χ4v) is 3.09. The van der Waals surface area contributed by atoms with E-state index in [1.165, 1.54) is 0 Å². The summed E-state index contributed by atoms with van der Waals surface area (Å²) in [5.74, 6) is -0.0225. The number of ether oxygens (including phenoxy) is 2. The van der Waals surface area contributed by atoms with Crippen molar-refractivity contribution in [1.29, 1.82) is 0 Å². The van der Waals surface area contributed by atoms with Gasteiger partial charge in [0.25, 0.3) is 0 Å². The minimum Gasteiger partial charge on any atom is -0.460 e. The zero-order valence-electron chi connectivity index (χ0n) is 15.9. The van der Waals surface area contributed by atoms with E-state index in [1.54, 1.807) is 4.90 Å². The molecule has 1 amide bonds. The summed E-state index contributed by atoms with van der Waals surface area (Å²) in [5, 5.41) is 0. The van der Waals surface area contributed by atoms with Crippen LogP contribution in [-0.4, -0.2) is 35.7 Å². The number of esters is 1. The molecule has 0 aliphatic carbocycles. The molecule has 0 aromatic heterocycles. The molecule has 1 saturated heterocycles. The van der Waals surface area contributed by atoms with Gasteiger partial charge in [-0.25, -0.2) is 4.79 Å². The first kappa shape index (κ1) is 19.3. The van der Waals surface area contributed by atoms with Crippen LogP contribution in [0.1, 0.15) is 46.6 Å². The second-order valence-electron chi connectivity index (χ2n) is 8.24. The Labute approximate surface area is 150 Å².